The molecular formula is C10H13ClN4O3. The van der Waals surface area contributed by atoms with Gasteiger partial charge in [-0.3, -0.25) is 9.59 Å². The first-order chi connectivity index (χ1) is 8.61. The summed E-state index contributed by atoms with van der Waals surface area (Å²) in [6.07, 6.45) is 1.76. The summed E-state index contributed by atoms with van der Waals surface area (Å²) >= 11 is 5.93. The first-order valence-corrected chi connectivity index (χ1v) is 5.89. The predicted molar refractivity (Wildman–Crippen MR) is 65.6 cm³/mol. The molecule has 0 aliphatic carbocycles. The van der Waals surface area contributed by atoms with Gasteiger partial charge >= 0.3 is 0 Å². The van der Waals surface area contributed by atoms with Gasteiger partial charge in [0.15, 0.2) is 0 Å². The average Bonchev–Trinajstić information content (AvgIpc) is 2.75. The van der Waals surface area contributed by atoms with Crippen LogP contribution in [-0.2, 0) is 11.3 Å². The van der Waals surface area contributed by atoms with Crippen molar-refractivity contribution in [3.63, 3.8) is 0 Å². The number of carbonyl (C=O) groups is 1. The van der Waals surface area contributed by atoms with Crippen molar-refractivity contribution in [1.29, 1.82) is 0 Å². The fourth-order valence-corrected chi connectivity index (χ4v) is 1.95. The highest BCUT2D eigenvalue weighted by Gasteiger charge is 2.22. The Bertz CT molecular complexity index is 516. The fraction of sp³-hybridized carbons (Fsp3) is 0.500. The van der Waals surface area contributed by atoms with Gasteiger partial charge in [-0.1, -0.05) is 11.6 Å². The molecule has 7 nitrogen and oxygen atoms in total. The number of nitrogens with zero attached hydrogens (tertiary/aromatic N) is 2. The van der Waals surface area contributed by atoms with Gasteiger partial charge in [-0.25, -0.2) is 4.68 Å². The van der Waals surface area contributed by atoms with Crippen LogP contribution in [0.15, 0.2) is 11.0 Å². The van der Waals surface area contributed by atoms with Gasteiger partial charge < -0.3 is 15.7 Å². The molecule has 1 amide bonds. The maximum Gasteiger partial charge on any atom is 0.287 e. The topological polar surface area (TPSA) is 96.2 Å². The Kier molecular flexibility index (Phi) is 3.83. The molecule has 8 heteroatoms. The monoisotopic (exact) mass is 272 g/mol. The number of hydrogen-bond acceptors (Lipinski definition) is 5. The smallest absolute Gasteiger partial charge is 0.287 e. The lowest BCUT2D eigenvalue weighted by Crippen LogP contribution is -2.28. The highest BCUT2D eigenvalue weighted by Crippen LogP contribution is 2.18. The van der Waals surface area contributed by atoms with Crippen molar-refractivity contribution in [3.8, 4) is 0 Å². The molecule has 98 valence electrons. The van der Waals surface area contributed by atoms with Crippen LogP contribution in [0.4, 0.5) is 5.69 Å². The molecule has 2 heterocycles. The fourth-order valence-electron chi connectivity index (χ4n) is 1.75. The van der Waals surface area contributed by atoms with Crippen molar-refractivity contribution in [1.82, 2.24) is 15.1 Å². The van der Waals surface area contributed by atoms with E-state index in [1.54, 1.807) is 0 Å². The third-order valence-corrected chi connectivity index (χ3v) is 3.00. The molecule has 2 rings (SSSR count). The highest BCUT2D eigenvalue weighted by atomic mass is 35.5. The molecule has 0 aromatic carbocycles. The predicted octanol–water partition coefficient (Wildman–Crippen LogP) is -0.811. The van der Waals surface area contributed by atoms with Crippen molar-refractivity contribution in [2.45, 2.75) is 19.0 Å². The van der Waals surface area contributed by atoms with Crippen molar-refractivity contribution >= 4 is 23.2 Å². The van der Waals surface area contributed by atoms with E-state index in [0.717, 1.165) is 4.68 Å². The van der Waals surface area contributed by atoms with E-state index in [1.165, 1.54) is 6.20 Å². The van der Waals surface area contributed by atoms with Crippen LogP contribution < -0.4 is 16.2 Å². The molecule has 1 unspecified atom stereocenters. The molecule has 1 aliphatic heterocycles. The zero-order valence-corrected chi connectivity index (χ0v) is 10.3. The molecule has 1 aromatic rings. The first-order valence-electron chi connectivity index (χ1n) is 5.51. The van der Waals surface area contributed by atoms with Crippen LogP contribution >= 0.6 is 11.6 Å². The van der Waals surface area contributed by atoms with Crippen LogP contribution in [-0.4, -0.2) is 40.0 Å². The maximum atomic E-state index is 11.8. The van der Waals surface area contributed by atoms with Gasteiger partial charge in [-0.15, -0.1) is 0 Å². The number of aliphatic hydroxyl groups excluding tert-OH is 1. The summed E-state index contributed by atoms with van der Waals surface area (Å²) in [5.41, 5.74) is -0.0645. The zero-order chi connectivity index (χ0) is 13.1. The van der Waals surface area contributed by atoms with E-state index in [4.69, 9.17) is 16.7 Å². The largest absolute Gasteiger partial charge is 0.394 e. The summed E-state index contributed by atoms with van der Waals surface area (Å²) in [6.45, 7) is 0.411. The third-order valence-electron chi connectivity index (χ3n) is 2.63. The van der Waals surface area contributed by atoms with Crippen molar-refractivity contribution in [3.05, 3.63) is 21.6 Å². The van der Waals surface area contributed by atoms with E-state index in [0.29, 0.717) is 18.7 Å². The Morgan fingerprint density at radius 3 is 3.00 bits per heavy atom. The van der Waals surface area contributed by atoms with Crippen LogP contribution in [0.2, 0.25) is 5.02 Å². The SMILES string of the molecule is O=C1CC(Nc2cnn(CCO)c(=O)c2Cl)CN1. The van der Waals surface area contributed by atoms with E-state index < -0.39 is 5.56 Å². The Balaban J connectivity index is 2.17. The van der Waals surface area contributed by atoms with E-state index in [-0.39, 0.29) is 30.1 Å². The average molecular weight is 273 g/mol. The number of aliphatic hydroxyl groups is 1. The molecule has 1 atom stereocenters. The Morgan fingerprint density at radius 1 is 1.61 bits per heavy atom. The molecule has 18 heavy (non-hydrogen) atoms. The molecule has 1 fully saturated rings. The summed E-state index contributed by atoms with van der Waals surface area (Å²) in [5, 5.41) is 18.3. The molecule has 0 saturated carbocycles. The van der Waals surface area contributed by atoms with E-state index in [2.05, 4.69) is 15.7 Å². The summed E-state index contributed by atoms with van der Waals surface area (Å²) < 4.78 is 1.09. The molecule has 1 aromatic heterocycles. The molecule has 3 N–H and O–H groups in total. The van der Waals surface area contributed by atoms with Crippen molar-refractivity contribution < 1.29 is 9.90 Å². The lowest BCUT2D eigenvalue weighted by atomic mass is 10.2. The van der Waals surface area contributed by atoms with Gasteiger partial charge in [-0.05, 0) is 0 Å². The van der Waals surface area contributed by atoms with Crippen LogP contribution in [0.1, 0.15) is 6.42 Å². The number of nitrogens with one attached hydrogen (secondary N) is 2. The normalized spacial score (nSPS) is 18.8. The third kappa shape index (κ3) is 2.62. The minimum atomic E-state index is -0.465. The molecule has 0 radical (unpaired) electrons. The van der Waals surface area contributed by atoms with Gasteiger partial charge in [0.25, 0.3) is 5.56 Å². The highest BCUT2D eigenvalue weighted by molar-refractivity contribution is 6.32. The minimum absolute atomic E-state index is 0.0119. The van der Waals surface area contributed by atoms with Crippen LogP contribution in [0, 0.1) is 0 Å². The second kappa shape index (κ2) is 5.36. The van der Waals surface area contributed by atoms with E-state index >= 15 is 0 Å². The summed E-state index contributed by atoms with van der Waals surface area (Å²) in [6, 6.07) is -0.0927. The molecular weight excluding hydrogens is 260 g/mol. The number of anilines is 1. The van der Waals surface area contributed by atoms with Gasteiger partial charge in [0.2, 0.25) is 5.91 Å². The molecule has 0 bridgehead atoms. The number of aromatic nitrogens is 2. The lowest BCUT2D eigenvalue weighted by Gasteiger charge is -2.13. The maximum absolute atomic E-state index is 11.8. The van der Waals surface area contributed by atoms with Crippen molar-refractivity contribution in [2.75, 3.05) is 18.5 Å². The Labute approximate surface area is 108 Å². The van der Waals surface area contributed by atoms with Crippen molar-refractivity contribution in [2.24, 2.45) is 0 Å². The first kappa shape index (κ1) is 12.8. The second-order valence-electron chi connectivity index (χ2n) is 3.97. The van der Waals surface area contributed by atoms with Crippen LogP contribution in [0.3, 0.4) is 0 Å². The van der Waals surface area contributed by atoms with Gasteiger partial charge in [0.1, 0.15) is 5.02 Å². The van der Waals surface area contributed by atoms with E-state index in [1.807, 2.05) is 0 Å². The molecule has 1 saturated heterocycles. The Hall–Kier alpha value is -1.60. The van der Waals surface area contributed by atoms with Gasteiger partial charge in [-0.2, -0.15) is 5.10 Å². The molecule has 1 aliphatic rings. The van der Waals surface area contributed by atoms with Gasteiger partial charge in [0.05, 0.1) is 31.1 Å². The standard InChI is InChI=1S/C10H13ClN4O3/c11-9-7(14-6-3-8(17)12-4-6)5-13-15(1-2-16)10(9)18/h5-6,14,16H,1-4H2,(H,12,17). The number of carbonyl (C=O) groups excluding carboxylic acids is 1. The second-order valence-corrected chi connectivity index (χ2v) is 4.35. The van der Waals surface area contributed by atoms with E-state index in [9.17, 15) is 9.59 Å². The Morgan fingerprint density at radius 2 is 2.39 bits per heavy atom. The quantitative estimate of drug-likeness (QED) is 0.666. The van der Waals surface area contributed by atoms with Gasteiger partial charge in [0, 0.05) is 13.0 Å². The minimum Gasteiger partial charge on any atom is -0.394 e. The zero-order valence-electron chi connectivity index (χ0n) is 9.52. The summed E-state index contributed by atoms with van der Waals surface area (Å²) in [4.78, 5) is 22.8. The lowest BCUT2D eigenvalue weighted by molar-refractivity contribution is -0.119. The summed E-state index contributed by atoms with van der Waals surface area (Å²) in [7, 11) is 0. The van der Waals surface area contributed by atoms with Crippen LogP contribution in [0.5, 0.6) is 0 Å². The number of amides is 1. The number of halogens is 1. The number of rotatable bonds is 4. The van der Waals surface area contributed by atoms with Crippen LogP contribution in [0.25, 0.3) is 0 Å². The molecule has 0 spiro atoms. The number of hydrogen-bond donors (Lipinski definition) is 3. The summed E-state index contributed by atoms with van der Waals surface area (Å²) in [5.74, 6) is -0.0368.